The van der Waals surface area contributed by atoms with Crippen molar-refractivity contribution in [2.45, 2.75) is 20.0 Å². The van der Waals surface area contributed by atoms with E-state index < -0.39 is 0 Å². The van der Waals surface area contributed by atoms with Gasteiger partial charge in [-0.15, -0.1) is 0 Å². The highest BCUT2D eigenvalue weighted by molar-refractivity contribution is 9.10. The Bertz CT molecular complexity index is 733. The zero-order valence-corrected chi connectivity index (χ0v) is 15.5. The second-order valence-corrected chi connectivity index (χ2v) is 6.14. The summed E-state index contributed by atoms with van der Waals surface area (Å²) in [4.78, 5) is 23.6. The Labute approximate surface area is 155 Å². The van der Waals surface area contributed by atoms with Gasteiger partial charge in [-0.1, -0.05) is 40.2 Å². The molecule has 0 aliphatic carbocycles. The molecule has 0 saturated carbocycles. The van der Waals surface area contributed by atoms with Gasteiger partial charge in [-0.05, 0) is 36.8 Å². The van der Waals surface area contributed by atoms with Crippen molar-refractivity contribution in [1.29, 1.82) is 0 Å². The maximum Gasteiger partial charge on any atom is 0.307 e. The molecule has 0 saturated heterocycles. The van der Waals surface area contributed by atoms with E-state index in [0.29, 0.717) is 24.5 Å². The van der Waals surface area contributed by atoms with Crippen molar-refractivity contribution in [2.24, 2.45) is 0 Å². The number of carbonyl (C=O) groups excluding carboxylic acids is 2. The summed E-state index contributed by atoms with van der Waals surface area (Å²) >= 11 is 3.42. The van der Waals surface area contributed by atoms with Gasteiger partial charge in [0.25, 0.3) is 5.91 Å². The van der Waals surface area contributed by atoms with Crippen molar-refractivity contribution >= 4 is 27.8 Å². The highest BCUT2D eigenvalue weighted by atomic mass is 79.9. The minimum absolute atomic E-state index is 0.140. The molecular formula is C19H20BrNO4. The molecule has 0 atom stereocenters. The molecule has 0 heterocycles. The highest BCUT2D eigenvalue weighted by Gasteiger charge is 2.12. The summed E-state index contributed by atoms with van der Waals surface area (Å²) in [5.41, 5.74) is 1.42. The summed E-state index contributed by atoms with van der Waals surface area (Å²) in [6, 6.07) is 14.8. The van der Waals surface area contributed by atoms with Crippen LogP contribution in [0.25, 0.3) is 0 Å². The van der Waals surface area contributed by atoms with Crippen LogP contribution in [0.4, 0.5) is 0 Å². The zero-order valence-electron chi connectivity index (χ0n) is 14.0. The molecule has 0 aromatic heterocycles. The van der Waals surface area contributed by atoms with E-state index in [4.69, 9.17) is 9.47 Å². The summed E-state index contributed by atoms with van der Waals surface area (Å²) in [6.45, 7) is 2.65. The number of benzene rings is 2. The third kappa shape index (κ3) is 6.23. The molecule has 0 radical (unpaired) electrons. The van der Waals surface area contributed by atoms with E-state index in [0.717, 1.165) is 10.0 Å². The molecule has 0 fully saturated rings. The molecule has 6 heteroatoms. The van der Waals surface area contributed by atoms with Gasteiger partial charge in [-0.3, -0.25) is 9.59 Å². The van der Waals surface area contributed by atoms with Gasteiger partial charge in [-0.25, -0.2) is 0 Å². The fourth-order valence-electron chi connectivity index (χ4n) is 2.17. The van der Waals surface area contributed by atoms with Crippen LogP contribution in [0.3, 0.4) is 0 Å². The van der Waals surface area contributed by atoms with E-state index in [9.17, 15) is 9.59 Å². The number of nitrogens with one attached hydrogen (secondary N) is 1. The minimum Gasteiger partial charge on any atom is -0.488 e. The predicted molar refractivity (Wildman–Crippen MR) is 98.5 cm³/mol. The number of ether oxygens (including phenoxy) is 2. The number of hydrogen-bond donors (Lipinski definition) is 1. The smallest absolute Gasteiger partial charge is 0.307 e. The van der Waals surface area contributed by atoms with E-state index in [1.54, 1.807) is 25.1 Å². The van der Waals surface area contributed by atoms with Crippen molar-refractivity contribution in [3.63, 3.8) is 0 Å². The van der Waals surface area contributed by atoms with Crippen LogP contribution in [0, 0.1) is 0 Å². The molecule has 0 aliphatic rings. The van der Waals surface area contributed by atoms with Crippen molar-refractivity contribution < 1.29 is 19.1 Å². The van der Waals surface area contributed by atoms with Crippen molar-refractivity contribution in [3.05, 3.63) is 64.1 Å². The van der Waals surface area contributed by atoms with Crippen LogP contribution >= 0.6 is 15.9 Å². The zero-order chi connectivity index (χ0) is 18.1. The molecule has 1 N–H and O–H groups in total. The maximum atomic E-state index is 12.3. The van der Waals surface area contributed by atoms with Gasteiger partial charge < -0.3 is 14.8 Å². The molecule has 0 bridgehead atoms. The Kier molecular flexibility index (Phi) is 7.47. The second kappa shape index (κ2) is 9.84. The normalized spacial score (nSPS) is 10.2. The van der Waals surface area contributed by atoms with Crippen molar-refractivity contribution in [1.82, 2.24) is 5.32 Å². The molecule has 2 aromatic rings. The topological polar surface area (TPSA) is 64.6 Å². The SMILES string of the molecule is CCOC(=O)CCNC(=O)c1ccccc1OCc1cccc(Br)c1. The van der Waals surface area contributed by atoms with Crippen molar-refractivity contribution in [2.75, 3.05) is 13.2 Å². The van der Waals surface area contributed by atoms with Gasteiger partial charge in [-0.2, -0.15) is 0 Å². The first-order valence-electron chi connectivity index (χ1n) is 8.00. The average Bonchev–Trinajstić information content (AvgIpc) is 2.60. The van der Waals surface area contributed by atoms with Gasteiger partial charge in [0.15, 0.2) is 0 Å². The average molecular weight is 406 g/mol. The van der Waals surface area contributed by atoms with Gasteiger partial charge >= 0.3 is 5.97 Å². The second-order valence-electron chi connectivity index (χ2n) is 5.23. The van der Waals surface area contributed by atoms with Crippen LogP contribution in [-0.2, 0) is 16.1 Å². The fourth-order valence-corrected chi connectivity index (χ4v) is 2.62. The lowest BCUT2D eigenvalue weighted by atomic mass is 10.2. The first-order valence-corrected chi connectivity index (χ1v) is 8.79. The van der Waals surface area contributed by atoms with Crippen molar-refractivity contribution in [3.8, 4) is 5.75 Å². The highest BCUT2D eigenvalue weighted by Crippen LogP contribution is 2.20. The third-order valence-corrected chi connectivity index (χ3v) is 3.83. The molecule has 0 spiro atoms. The molecular weight excluding hydrogens is 386 g/mol. The first-order chi connectivity index (χ1) is 12.1. The Balaban J connectivity index is 1.95. The summed E-state index contributed by atoms with van der Waals surface area (Å²) in [5, 5.41) is 2.71. The van der Waals surface area contributed by atoms with Crippen LogP contribution < -0.4 is 10.1 Å². The summed E-state index contributed by atoms with van der Waals surface area (Å²) in [6.07, 6.45) is 0.140. The van der Waals surface area contributed by atoms with Crippen LogP contribution in [0.1, 0.15) is 29.3 Å². The van der Waals surface area contributed by atoms with Crippen LogP contribution in [0.5, 0.6) is 5.75 Å². The molecule has 5 nitrogen and oxygen atoms in total. The number of carbonyl (C=O) groups is 2. The molecule has 2 aromatic carbocycles. The summed E-state index contributed by atoms with van der Waals surface area (Å²) < 4.78 is 11.6. The maximum absolute atomic E-state index is 12.3. The largest absolute Gasteiger partial charge is 0.488 e. The number of hydrogen-bond acceptors (Lipinski definition) is 4. The third-order valence-electron chi connectivity index (χ3n) is 3.34. The van der Waals surface area contributed by atoms with E-state index >= 15 is 0 Å². The number of esters is 1. The molecule has 0 aliphatic heterocycles. The van der Waals surface area contributed by atoms with E-state index in [1.807, 2.05) is 30.3 Å². The lowest BCUT2D eigenvalue weighted by Crippen LogP contribution is -2.27. The summed E-state index contributed by atoms with van der Waals surface area (Å²) in [7, 11) is 0. The van der Waals surface area contributed by atoms with Gasteiger partial charge in [0.05, 0.1) is 18.6 Å². The van der Waals surface area contributed by atoms with Gasteiger partial charge in [0.1, 0.15) is 12.4 Å². The Morgan fingerprint density at radius 2 is 1.92 bits per heavy atom. The number of rotatable bonds is 8. The van der Waals surface area contributed by atoms with E-state index in [1.165, 1.54) is 0 Å². The Morgan fingerprint density at radius 1 is 1.12 bits per heavy atom. The minimum atomic E-state index is -0.331. The predicted octanol–water partition coefficient (Wildman–Crippen LogP) is 3.71. The summed E-state index contributed by atoms with van der Waals surface area (Å²) in [5.74, 6) is -0.118. The van der Waals surface area contributed by atoms with Crippen LogP contribution in [-0.4, -0.2) is 25.0 Å². The molecule has 2 rings (SSSR count). The Hall–Kier alpha value is -2.34. The lowest BCUT2D eigenvalue weighted by Gasteiger charge is -2.12. The first kappa shape index (κ1) is 19.0. The quantitative estimate of drug-likeness (QED) is 0.679. The van der Waals surface area contributed by atoms with E-state index in [-0.39, 0.29) is 24.8 Å². The molecule has 0 unspecified atom stereocenters. The Morgan fingerprint density at radius 3 is 2.68 bits per heavy atom. The number of para-hydroxylation sites is 1. The van der Waals surface area contributed by atoms with Gasteiger partial charge in [0.2, 0.25) is 0 Å². The molecule has 25 heavy (non-hydrogen) atoms. The van der Waals surface area contributed by atoms with Gasteiger partial charge in [0, 0.05) is 11.0 Å². The molecule has 1 amide bonds. The number of halogens is 1. The van der Waals surface area contributed by atoms with Crippen LogP contribution in [0.15, 0.2) is 53.0 Å². The lowest BCUT2D eigenvalue weighted by molar-refractivity contribution is -0.142. The van der Waals surface area contributed by atoms with Crippen LogP contribution in [0.2, 0.25) is 0 Å². The standard InChI is InChI=1S/C19H20BrNO4/c1-2-24-18(22)10-11-21-19(23)16-8-3-4-9-17(16)25-13-14-6-5-7-15(20)12-14/h3-9,12H,2,10-11,13H2,1H3,(H,21,23). The van der Waals surface area contributed by atoms with E-state index in [2.05, 4.69) is 21.2 Å². The molecule has 132 valence electrons. The number of amides is 1. The fraction of sp³-hybridized carbons (Fsp3) is 0.263. The monoisotopic (exact) mass is 405 g/mol.